The Bertz CT molecular complexity index is 1110. The minimum absolute atomic E-state index is 0.117. The van der Waals surface area contributed by atoms with E-state index in [1.165, 1.54) is 5.56 Å². The van der Waals surface area contributed by atoms with Crippen LogP contribution >= 0.6 is 0 Å². The highest BCUT2D eigenvalue weighted by Gasteiger charge is 2.17. The van der Waals surface area contributed by atoms with E-state index >= 15 is 0 Å². The number of hydrogen-bond acceptors (Lipinski definition) is 5. The molecule has 1 aliphatic heterocycles. The van der Waals surface area contributed by atoms with Gasteiger partial charge in [-0.2, -0.15) is 0 Å². The molecule has 0 bridgehead atoms. The number of imidazole rings is 1. The molecule has 3 aromatic heterocycles. The van der Waals surface area contributed by atoms with E-state index in [4.69, 9.17) is 4.74 Å². The largest absolute Gasteiger partial charge is 0.494 e. The van der Waals surface area contributed by atoms with Crippen LogP contribution in [0.1, 0.15) is 12.0 Å². The Morgan fingerprint density at radius 3 is 2.86 bits per heavy atom. The zero-order valence-electron chi connectivity index (χ0n) is 15.6. The summed E-state index contributed by atoms with van der Waals surface area (Å²) in [7, 11) is 0. The molecule has 0 saturated carbocycles. The number of rotatable bonds is 5. The molecular weight excluding hydrogens is 354 g/mol. The number of H-pyrrole nitrogens is 2. The summed E-state index contributed by atoms with van der Waals surface area (Å²) in [6, 6.07) is 9.91. The standard InChI is InChI=1S/C21H23N5O2/c27-21-18(15-5-1-2-6-16(15)24-21)20-23-17-12-14(13-22-19(17)25-20)4-3-7-26-8-10-28-11-9-26/h1-2,5-6,12-13,24,27H,3-4,7-11H2,(H,22,23,25). The van der Waals surface area contributed by atoms with Crippen LogP contribution in [0.3, 0.4) is 0 Å². The maximum absolute atomic E-state index is 10.4. The van der Waals surface area contributed by atoms with Crippen molar-refractivity contribution >= 4 is 22.1 Å². The lowest BCUT2D eigenvalue weighted by molar-refractivity contribution is 0.0374. The van der Waals surface area contributed by atoms with Gasteiger partial charge in [-0.15, -0.1) is 0 Å². The molecule has 1 saturated heterocycles. The molecule has 144 valence electrons. The molecule has 5 rings (SSSR count). The van der Waals surface area contributed by atoms with Crippen molar-refractivity contribution in [2.75, 3.05) is 32.8 Å². The van der Waals surface area contributed by atoms with Crippen molar-refractivity contribution in [2.24, 2.45) is 0 Å². The number of nitrogens with zero attached hydrogens (tertiary/aromatic N) is 3. The molecule has 4 heterocycles. The summed E-state index contributed by atoms with van der Waals surface area (Å²) in [5, 5.41) is 11.3. The summed E-state index contributed by atoms with van der Waals surface area (Å²) in [6.07, 6.45) is 3.98. The smallest absolute Gasteiger partial charge is 0.200 e. The molecule has 0 aliphatic carbocycles. The number of aryl methyl sites for hydroxylation is 1. The van der Waals surface area contributed by atoms with Crippen LogP contribution in [0.5, 0.6) is 5.88 Å². The van der Waals surface area contributed by atoms with E-state index in [1.54, 1.807) is 0 Å². The van der Waals surface area contributed by atoms with Crippen molar-refractivity contribution in [3.63, 3.8) is 0 Å². The Kier molecular flexibility index (Phi) is 4.46. The van der Waals surface area contributed by atoms with E-state index in [0.29, 0.717) is 17.0 Å². The van der Waals surface area contributed by atoms with Gasteiger partial charge in [-0.3, -0.25) is 4.90 Å². The highest BCUT2D eigenvalue weighted by molar-refractivity contribution is 5.98. The first-order chi connectivity index (χ1) is 13.8. The summed E-state index contributed by atoms with van der Waals surface area (Å²) < 4.78 is 5.40. The van der Waals surface area contributed by atoms with Gasteiger partial charge in [0, 0.05) is 30.2 Å². The zero-order valence-corrected chi connectivity index (χ0v) is 15.6. The third-order valence-electron chi connectivity index (χ3n) is 5.36. The molecule has 0 spiro atoms. The van der Waals surface area contributed by atoms with Crippen LogP contribution in [0, 0.1) is 0 Å². The van der Waals surface area contributed by atoms with Gasteiger partial charge in [0.2, 0.25) is 5.88 Å². The van der Waals surface area contributed by atoms with Crippen LogP contribution < -0.4 is 0 Å². The molecule has 7 nitrogen and oxygen atoms in total. The van der Waals surface area contributed by atoms with Crippen LogP contribution in [0.25, 0.3) is 33.5 Å². The van der Waals surface area contributed by atoms with Crippen molar-refractivity contribution in [2.45, 2.75) is 12.8 Å². The second kappa shape index (κ2) is 7.26. The minimum Gasteiger partial charge on any atom is -0.494 e. The molecule has 4 aromatic rings. The number of pyridine rings is 1. The van der Waals surface area contributed by atoms with Gasteiger partial charge < -0.3 is 19.8 Å². The number of para-hydroxylation sites is 1. The summed E-state index contributed by atoms with van der Waals surface area (Å²) in [6.45, 7) is 4.81. The molecule has 0 unspecified atom stereocenters. The van der Waals surface area contributed by atoms with Gasteiger partial charge in [-0.05, 0) is 37.1 Å². The van der Waals surface area contributed by atoms with E-state index in [0.717, 1.165) is 62.1 Å². The summed E-state index contributed by atoms with van der Waals surface area (Å²) in [5.41, 5.74) is 4.31. The van der Waals surface area contributed by atoms with E-state index in [-0.39, 0.29) is 5.88 Å². The SMILES string of the molecule is Oc1[nH]c2ccccc2c1-c1nc2ncc(CCCN3CCOCC3)cc2[nH]1. The molecular formula is C21H23N5O2. The van der Waals surface area contributed by atoms with Gasteiger partial charge >= 0.3 is 0 Å². The lowest BCUT2D eigenvalue weighted by atomic mass is 10.1. The number of hydrogen-bond donors (Lipinski definition) is 3. The average molecular weight is 377 g/mol. The number of aromatic amines is 2. The van der Waals surface area contributed by atoms with Crippen molar-refractivity contribution < 1.29 is 9.84 Å². The fourth-order valence-electron chi connectivity index (χ4n) is 3.90. The van der Waals surface area contributed by atoms with Crippen LogP contribution in [0.2, 0.25) is 0 Å². The van der Waals surface area contributed by atoms with Gasteiger partial charge in [0.05, 0.1) is 24.3 Å². The molecule has 0 amide bonds. The van der Waals surface area contributed by atoms with Gasteiger partial charge in [0.1, 0.15) is 5.82 Å². The van der Waals surface area contributed by atoms with Crippen molar-refractivity contribution in [1.82, 2.24) is 24.8 Å². The number of fused-ring (bicyclic) bond motifs is 2. The van der Waals surface area contributed by atoms with Gasteiger partial charge in [-0.1, -0.05) is 18.2 Å². The second-order valence-corrected chi connectivity index (χ2v) is 7.25. The average Bonchev–Trinajstić information content (AvgIpc) is 3.27. The monoisotopic (exact) mass is 377 g/mol. The molecule has 1 fully saturated rings. The van der Waals surface area contributed by atoms with E-state index < -0.39 is 0 Å². The molecule has 28 heavy (non-hydrogen) atoms. The maximum atomic E-state index is 10.4. The normalized spacial score (nSPS) is 15.6. The highest BCUT2D eigenvalue weighted by atomic mass is 16.5. The maximum Gasteiger partial charge on any atom is 0.200 e. The van der Waals surface area contributed by atoms with Crippen molar-refractivity contribution in [3.8, 4) is 17.3 Å². The third kappa shape index (κ3) is 3.23. The van der Waals surface area contributed by atoms with Crippen molar-refractivity contribution in [3.05, 3.63) is 42.1 Å². The first-order valence-electron chi connectivity index (χ1n) is 9.73. The minimum atomic E-state index is 0.117. The van der Waals surface area contributed by atoms with E-state index in [1.807, 2.05) is 30.5 Å². The first-order valence-corrected chi connectivity index (χ1v) is 9.73. The predicted octanol–water partition coefficient (Wildman–Crippen LogP) is 3.08. The Morgan fingerprint density at radius 1 is 1.11 bits per heavy atom. The van der Waals surface area contributed by atoms with Crippen LogP contribution in [0.4, 0.5) is 0 Å². The van der Waals surface area contributed by atoms with Gasteiger partial charge in [0.15, 0.2) is 5.65 Å². The lowest BCUT2D eigenvalue weighted by Crippen LogP contribution is -2.36. The molecule has 0 atom stereocenters. The molecule has 7 heteroatoms. The number of morpholine rings is 1. The summed E-state index contributed by atoms with van der Waals surface area (Å²) >= 11 is 0. The molecule has 1 aromatic carbocycles. The molecule has 3 N–H and O–H groups in total. The predicted molar refractivity (Wildman–Crippen MR) is 108 cm³/mol. The quantitative estimate of drug-likeness (QED) is 0.497. The summed E-state index contributed by atoms with van der Waals surface area (Å²) in [4.78, 5) is 17.9. The Hall–Kier alpha value is -2.90. The number of ether oxygens (including phenoxy) is 1. The number of nitrogens with one attached hydrogen (secondary N) is 2. The molecule has 0 radical (unpaired) electrons. The molecule has 1 aliphatic rings. The van der Waals surface area contributed by atoms with E-state index in [9.17, 15) is 5.11 Å². The topological polar surface area (TPSA) is 90.1 Å². The van der Waals surface area contributed by atoms with Crippen LogP contribution in [-0.2, 0) is 11.2 Å². The number of aromatic nitrogens is 4. The zero-order chi connectivity index (χ0) is 18.9. The second-order valence-electron chi connectivity index (χ2n) is 7.25. The van der Waals surface area contributed by atoms with Gasteiger partial charge in [-0.25, -0.2) is 9.97 Å². The number of aromatic hydroxyl groups is 1. The highest BCUT2D eigenvalue weighted by Crippen LogP contribution is 2.35. The van der Waals surface area contributed by atoms with Gasteiger partial charge in [0.25, 0.3) is 0 Å². The van der Waals surface area contributed by atoms with Crippen LogP contribution in [0.15, 0.2) is 36.5 Å². The third-order valence-corrected chi connectivity index (χ3v) is 5.36. The Labute approximate surface area is 162 Å². The fourth-order valence-corrected chi connectivity index (χ4v) is 3.90. The Morgan fingerprint density at radius 2 is 1.96 bits per heavy atom. The fraction of sp³-hybridized carbons (Fsp3) is 0.333. The Balaban J connectivity index is 1.37. The van der Waals surface area contributed by atoms with Crippen molar-refractivity contribution in [1.29, 1.82) is 0 Å². The first kappa shape index (κ1) is 17.2. The lowest BCUT2D eigenvalue weighted by Gasteiger charge is -2.26. The van der Waals surface area contributed by atoms with Crippen LogP contribution in [-0.4, -0.2) is 62.8 Å². The summed E-state index contributed by atoms with van der Waals surface area (Å²) in [5.74, 6) is 0.744. The van der Waals surface area contributed by atoms with E-state index in [2.05, 4.69) is 30.9 Å². The number of benzene rings is 1.